The van der Waals surface area contributed by atoms with Gasteiger partial charge in [0, 0.05) is 56.4 Å². The van der Waals surface area contributed by atoms with Crippen LogP contribution in [0.3, 0.4) is 0 Å². The molecule has 300 valence electrons. The van der Waals surface area contributed by atoms with Crippen molar-refractivity contribution in [2.45, 2.75) is 103 Å². The van der Waals surface area contributed by atoms with Crippen LogP contribution in [-0.4, -0.2) is 97.0 Å². The van der Waals surface area contributed by atoms with Crippen LogP contribution in [0.5, 0.6) is 0 Å². The van der Waals surface area contributed by atoms with Crippen LogP contribution >= 0.6 is 11.6 Å². The summed E-state index contributed by atoms with van der Waals surface area (Å²) in [5.41, 5.74) is 2.50. The lowest BCUT2D eigenvalue weighted by molar-refractivity contribution is -0.143. The molecule has 4 amide bonds. The van der Waals surface area contributed by atoms with Crippen LogP contribution in [0.1, 0.15) is 102 Å². The molecular formula is C43H60ClN5O6. The second-order valence-electron chi connectivity index (χ2n) is 15.0. The molecule has 2 aromatic carbocycles. The molecule has 3 aliphatic rings. The molecule has 2 N–H and O–H groups in total. The van der Waals surface area contributed by atoms with Gasteiger partial charge in [0.25, 0.3) is 0 Å². The van der Waals surface area contributed by atoms with Crippen molar-refractivity contribution in [1.29, 1.82) is 0 Å². The predicted octanol–water partition coefficient (Wildman–Crippen LogP) is 7.01. The first kappa shape index (κ1) is 42.2. The number of carbonyl (C=O) groups excluding carboxylic acids is 4. The number of allylic oxidation sites excluding steroid dienone is 1. The fourth-order valence-electron chi connectivity index (χ4n) is 7.93. The molecule has 2 aromatic rings. The van der Waals surface area contributed by atoms with Crippen LogP contribution in [0.4, 0.5) is 4.79 Å². The first-order valence-corrected chi connectivity index (χ1v) is 20.8. The Kier molecular flexibility index (Phi) is 16.9. The smallest absolute Gasteiger partial charge is 0.338 e. The van der Waals surface area contributed by atoms with Crippen molar-refractivity contribution in [3.63, 3.8) is 0 Å². The van der Waals surface area contributed by atoms with E-state index in [9.17, 15) is 19.2 Å². The molecule has 0 spiro atoms. The van der Waals surface area contributed by atoms with E-state index in [0.29, 0.717) is 81.4 Å². The highest BCUT2D eigenvalue weighted by atomic mass is 35.5. The maximum atomic E-state index is 14.1. The Bertz CT molecular complexity index is 1580. The van der Waals surface area contributed by atoms with E-state index in [2.05, 4.69) is 22.5 Å². The highest BCUT2D eigenvalue weighted by Gasteiger charge is 2.38. The third kappa shape index (κ3) is 12.3. The number of carbonyl (C=O) groups is 4. The molecule has 12 heteroatoms. The number of nitrogens with zero attached hydrogens (tertiary/aromatic N) is 3. The van der Waals surface area contributed by atoms with Crippen LogP contribution in [0, 0.1) is 5.92 Å². The van der Waals surface area contributed by atoms with Crippen molar-refractivity contribution < 1.29 is 28.7 Å². The van der Waals surface area contributed by atoms with Crippen molar-refractivity contribution >= 4 is 35.4 Å². The summed E-state index contributed by atoms with van der Waals surface area (Å²) in [5.74, 6) is -0.360. The van der Waals surface area contributed by atoms with Crippen LogP contribution < -0.4 is 10.6 Å². The Morgan fingerprint density at radius 2 is 1.69 bits per heavy atom. The summed E-state index contributed by atoms with van der Waals surface area (Å²) in [6.45, 7) is 9.22. The summed E-state index contributed by atoms with van der Waals surface area (Å²) >= 11 is 6.16. The number of morpholine rings is 1. The van der Waals surface area contributed by atoms with Gasteiger partial charge in [-0.2, -0.15) is 0 Å². The molecule has 1 aliphatic carbocycles. The zero-order chi connectivity index (χ0) is 39.0. The fraction of sp³-hybridized carbons (Fsp3) is 0.581. The zero-order valence-electron chi connectivity index (χ0n) is 32.7. The average Bonchev–Trinajstić information content (AvgIpc) is 3.20. The van der Waals surface area contributed by atoms with Gasteiger partial charge in [0.05, 0.1) is 24.8 Å². The molecule has 0 radical (unpaired) electrons. The number of nitrogens with one attached hydrogen (secondary N) is 2. The van der Waals surface area contributed by atoms with Crippen molar-refractivity contribution in [2.75, 3.05) is 52.5 Å². The number of unbranched alkanes of at least 4 members (excludes halogenated alkanes) is 3. The highest BCUT2D eigenvalue weighted by molar-refractivity contribution is 6.30. The quantitative estimate of drug-likeness (QED) is 0.116. The van der Waals surface area contributed by atoms with Crippen LogP contribution in [0.15, 0.2) is 65.9 Å². The minimum absolute atomic E-state index is 0.00974. The third-order valence-corrected chi connectivity index (χ3v) is 11.4. The van der Waals surface area contributed by atoms with Crippen LogP contribution in [0.25, 0.3) is 0 Å². The van der Waals surface area contributed by atoms with Crippen molar-refractivity contribution in [3.05, 3.63) is 82.0 Å². The zero-order valence-corrected chi connectivity index (χ0v) is 33.5. The lowest BCUT2D eigenvalue weighted by Gasteiger charge is -2.39. The molecule has 0 aromatic heterocycles. The summed E-state index contributed by atoms with van der Waals surface area (Å²) in [6, 6.07) is 15.1. The first-order valence-electron chi connectivity index (χ1n) is 20.4. The van der Waals surface area contributed by atoms with E-state index >= 15 is 0 Å². The maximum absolute atomic E-state index is 14.1. The fourth-order valence-corrected chi connectivity index (χ4v) is 8.06. The van der Waals surface area contributed by atoms with Crippen LogP contribution in [0.2, 0.25) is 5.02 Å². The predicted molar refractivity (Wildman–Crippen MR) is 214 cm³/mol. The molecule has 2 aliphatic heterocycles. The van der Waals surface area contributed by atoms with Gasteiger partial charge in [-0.15, -0.1) is 0 Å². The second kappa shape index (κ2) is 22.0. The Hall–Kier alpha value is -3.93. The van der Waals surface area contributed by atoms with Gasteiger partial charge in [0.1, 0.15) is 12.6 Å². The van der Waals surface area contributed by atoms with E-state index in [1.54, 1.807) is 36.1 Å². The van der Waals surface area contributed by atoms with E-state index in [1.165, 1.54) is 6.42 Å². The third-order valence-electron chi connectivity index (χ3n) is 11.1. The lowest BCUT2D eigenvalue weighted by Crippen LogP contribution is -2.56. The van der Waals surface area contributed by atoms with Gasteiger partial charge >= 0.3 is 12.0 Å². The average molecular weight is 778 g/mol. The monoisotopic (exact) mass is 777 g/mol. The Labute approximate surface area is 332 Å². The molecule has 2 heterocycles. The summed E-state index contributed by atoms with van der Waals surface area (Å²) < 4.78 is 11.3. The van der Waals surface area contributed by atoms with Crippen LogP contribution in [-0.2, 0) is 30.5 Å². The normalized spacial score (nSPS) is 18.8. The van der Waals surface area contributed by atoms with Crippen molar-refractivity contribution in [3.8, 4) is 0 Å². The van der Waals surface area contributed by atoms with Crippen molar-refractivity contribution in [1.82, 2.24) is 25.3 Å². The highest BCUT2D eigenvalue weighted by Crippen LogP contribution is 2.33. The number of amides is 4. The summed E-state index contributed by atoms with van der Waals surface area (Å²) in [7, 11) is 0. The topological polar surface area (TPSA) is 121 Å². The number of hydrogen-bond acceptors (Lipinski definition) is 7. The van der Waals surface area contributed by atoms with Gasteiger partial charge in [-0.05, 0) is 68.2 Å². The van der Waals surface area contributed by atoms with Gasteiger partial charge in [-0.25, -0.2) is 9.59 Å². The molecule has 2 atom stereocenters. The summed E-state index contributed by atoms with van der Waals surface area (Å²) in [4.78, 5) is 61.0. The molecule has 11 nitrogen and oxygen atoms in total. The second-order valence-corrected chi connectivity index (χ2v) is 15.4. The number of halogens is 1. The Morgan fingerprint density at radius 3 is 2.40 bits per heavy atom. The number of rotatable bonds is 19. The molecule has 55 heavy (non-hydrogen) atoms. The minimum Gasteiger partial charge on any atom is -0.457 e. The Morgan fingerprint density at radius 1 is 0.964 bits per heavy atom. The Balaban J connectivity index is 1.24. The number of esters is 1. The molecular weight excluding hydrogens is 718 g/mol. The van der Waals surface area contributed by atoms with Gasteiger partial charge in [-0.1, -0.05) is 93.1 Å². The van der Waals surface area contributed by atoms with Gasteiger partial charge in [0.15, 0.2) is 0 Å². The molecule has 5 rings (SSSR count). The van der Waals surface area contributed by atoms with Gasteiger partial charge < -0.3 is 25.0 Å². The van der Waals surface area contributed by atoms with E-state index in [-0.39, 0.29) is 30.4 Å². The largest absolute Gasteiger partial charge is 0.457 e. The lowest BCUT2D eigenvalue weighted by atomic mass is 9.82. The SMILES string of the molecule is CCCCNC(=O)C(C1CCCCC1)N(CCN1CCOCC1)C(=O)CCCCCN1C(=O)NC(c2ccc(Cl)cc2)C(C(=O)OCc2ccccc2)=C1C. The summed E-state index contributed by atoms with van der Waals surface area (Å²) in [6.07, 6.45) is 9.43. The number of ether oxygens (including phenoxy) is 2. The van der Waals surface area contributed by atoms with E-state index in [4.69, 9.17) is 21.1 Å². The number of urea groups is 1. The molecule has 0 bridgehead atoms. The molecule has 2 unspecified atom stereocenters. The molecule has 1 saturated heterocycles. The van der Waals surface area contributed by atoms with Crippen molar-refractivity contribution in [2.24, 2.45) is 5.92 Å². The number of benzene rings is 2. The molecule has 2 fully saturated rings. The van der Waals surface area contributed by atoms with E-state index in [0.717, 1.165) is 62.7 Å². The standard InChI is InChI=1S/C43H60ClN5O6/c1-3-4-23-45-41(51)40(35-16-10-6-11-17-35)49(26-25-47-27-29-54-30-28-47)37(50)18-12-7-13-24-48-32(2)38(42(52)55-31-33-14-8-5-9-15-33)39(46-43(48)53)34-19-21-36(44)22-20-34/h5,8-9,14-15,19-22,35,39-40H,3-4,6-7,10-13,16-18,23-31H2,1-2H3,(H,45,51)(H,46,53). The van der Waals surface area contributed by atoms with Gasteiger partial charge in [-0.3, -0.25) is 19.4 Å². The van der Waals surface area contributed by atoms with Gasteiger partial charge in [0.2, 0.25) is 11.8 Å². The maximum Gasteiger partial charge on any atom is 0.338 e. The first-order chi connectivity index (χ1) is 26.8. The number of hydrogen-bond donors (Lipinski definition) is 2. The van der Waals surface area contributed by atoms with E-state index < -0.39 is 18.1 Å². The summed E-state index contributed by atoms with van der Waals surface area (Å²) in [5, 5.41) is 6.75. The van der Waals surface area contributed by atoms with E-state index in [1.807, 2.05) is 35.2 Å². The molecule has 1 saturated carbocycles. The minimum atomic E-state index is -0.693.